The lowest BCUT2D eigenvalue weighted by Gasteiger charge is -2.10. The van der Waals surface area contributed by atoms with Gasteiger partial charge in [0.25, 0.3) is 0 Å². The zero-order valence-corrected chi connectivity index (χ0v) is 14.6. The first-order valence-corrected chi connectivity index (χ1v) is 8.06. The van der Waals surface area contributed by atoms with Crippen LogP contribution in [0.5, 0.6) is 11.5 Å². The summed E-state index contributed by atoms with van der Waals surface area (Å²) in [5.41, 5.74) is 1.04. The molecular weight excluding hydrogens is 401 g/mol. The van der Waals surface area contributed by atoms with Crippen molar-refractivity contribution < 1.29 is 9.47 Å². The van der Waals surface area contributed by atoms with E-state index in [-0.39, 0.29) is 0 Å². The Bertz CT molecular complexity index is 575. The molecule has 0 saturated carbocycles. The molecule has 0 fully saturated rings. The highest BCUT2D eigenvalue weighted by atomic mass is 127. The van der Waals surface area contributed by atoms with Crippen LogP contribution in [0.3, 0.4) is 0 Å². The normalized spacial score (nSPS) is 10.6. The maximum absolute atomic E-state index is 6.28. The topological polar surface area (TPSA) is 30.5 Å². The Morgan fingerprint density at radius 1 is 1.10 bits per heavy atom. The molecule has 0 aromatic heterocycles. The number of rotatable bonds is 7. The van der Waals surface area contributed by atoms with E-state index < -0.39 is 0 Å². The van der Waals surface area contributed by atoms with Gasteiger partial charge in [-0.3, -0.25) is 0 Å². The number of halogens is 2. The predicted octanol–water partition coefficient (Wildman–Crippen LogP) is 4.47. The summed E-state index contributed by atoms with van der Waals surface area (Å²) in [6.45, 7) is 2.20. The highest BCUT2D eigenvalue weighted by Gasteiger charge is 2.04. The molecule has 0 unspecified atom stereocenters. The molecule has 0 amide bonds. The Morgan fingerprint density at radius 3 is 2.48 bits per heavy atom. The van der Waals surface area contributed by atoms with Gasteiger partial charge in [0.05, 0.1) is 6.61 Å². The monoisotopic (exact) mass is 417 g/mol. The molecule has 3 nitrogen and oxygen atoms in total. The van der Waals surface area contributed by atoms with Crippen molar-refractivity contribution in [2.24, 2.45) is 0 Å². The Morgan fingerprint density at radius 2 is 1.81 bits per heavy atom. The second-order valence-electron chi connectivity index (χ2n) is 4.48. The molecule has 2 rings (SSSR count). The van der Waals surface area contributed by atoms with Crippen molar-refractivity contribution in [3.8, 4) is 11.5 Å². The summed E-state index contributed by atoms with van der Waals surface area (Å²) in [5.74, 6) is 1.54. The molecule has 0 radical (unpaired) electrons. The summed E-state index contributed by atoms with van der Waals surface area (Å²) in [6, 6.07) is 13.6. The van der Waals surface area contributed by atoms with Gasteiger partial charge in [0, 0.05) is 28.8 Å². The summed E-state index contributed by atoms with van der Waals surface area (Å²) in [5, 5.41) is 3.96. The maximum Gasteiger partial charge on any atom is 0.128 e. The predicted molar refractivity (Wildman–Crippen MR) is 94.3 cm³/mol. The number of hydrogen-bond donors (Lipinski definition) is 1. The first-order valence-electron chi connectivity index (χ1n) is 6.60. The summed E-state index contributed by atoms with van der Waals surface area (Å²) >= 11 is 8.54. The third-order valence-corrected chi connectivity index (χ3v) is 3.94. The summed E-state index contributed by atoms with van der Waals surface area (Å²) in [4.78, 5) is 0. The van der Waals surface area contributed by atoms with Gasteiger partial charge >= 0.3 is 0 Å². The van der Waals surface area contributed by atoms with Crippen LogP contribution in [0, 0.1) is 3.57 Å². The average molecular weight is 418 g/mol. The highest BCUT2D eigenvalue weighted by molar-refractivity contribution is 14.1. The fourth-order valence-corrected chi connectivity index (χ4v) is 2.37. The number of nitrogens with one attached hydrogen (secondary N) is 1. The van der Waals surface area contributed by atoms with Gasteiger partial charge in [-0.05, 0) is 64.6 Å². The van der Waals surface area contributed by atoms with Crippen LogP contribution in [0.25, 0.3) is 0 Å². The quantitative estimate of drug-likeness (QED) is 0.532. The van der Waals surface area contributed by atoms with Gasteiger partial charge < -0.3 is 14.8 Å². The molecular formula is C16H17ClINO2. The van der Waals surface area contributed by atoms with Crippen LogP contribution in [0.15, 0.2) is 42.5 Å². The molecule has 0 saturated heterocycles. The average Bonchev–Trinajstić information content (AvgIpc) is 2.48. The molecule has 0 atom stereocenters. The van der Waals surface area contributed by atoms with Gasteiger partial charge in [-0.1, -0.05) is 17.7 Å². The van der Waals surface area contributed by atoms with E-state index in [1.807, 2.05) is 42.5 Å². The molecule has 2 aromatic carbocycles. The third-order valence-electron chi connectivity index (χ3n) is 2.87. The SMILES string of the molecule is COCCNCc1ccc(Oc2ccc(I)cc2)cc1Cl. The third kappa shape index (κ3) is 5.47. The second-order valence-corrected chi connectivity index (χ2v) is 6.13. The largest absolute Gasteiger partial charge is 0.457 e. The lowest BCUT2D eigenvalue weighted by molar-refractivity contribution is 0.199. The molecule has 2 aromatic rings. The minimum Gasteiger partial charge on any atom is -0.457 e. The van der Waals surface area contributed by atoms with Gasteiger partial charge in [0.1, 0.15) is 11.5 Å². The van der Waals surface area contributed by atoms with E-state index in [4.69, 9.17) is 21.1 Å². The Labute approximate surface area is 143 Å². The van der Waals surface area contributed by atoms with Crippen molar-refractivity contribution in [1.82, 2.24) is 5.32 Å². The van der Waals surface area contributed by atoms with E-state index in [0.717, 1.165) is 23.6 Å². The fourth-order valence-electron chi connectivity index (χ4n) is 1.77. The summed E-state index contributed by atoms with van der Waals surface area (Å²) in [7, 11) is 1.69. The van der Waals surface area contributed by atoms with Crippen LogP contribution in [0.2, 0.25) is 5.02 Å². The standard InChI is InChI=1S/C16H17ClINO2/c1-20-9-8-19-11-12-2-5-15(10-16(12)17)21-14-6-3-13(18)4-7-14/h2-7,10,19H,8-9,11H2,1H3. The van der Waals surface area contributed by atoms with E-state index in [2.05, 4.69) is 27.9 Å². The van der Waals surface area contributed by atoms with Gasteiger partial charge in [0.15, 0.2) is 0 Å². The minimum atomic E-state index is 0.686. The lowest BCUT2D eigenvalue weighted by atomic mass is 10.2. The lowest BCUT2D eigenvalue weighted by Crippen LogP contribution is -2.18. The molecule has 0 spiro atoms. The molecule has 5 heteroatoms. The van der Waals surface area contributed by atoms with E-state index in [1.54, 1.807) is 7.11 Å². The number of ether oxygens (including phenoxy) is 2. The van der Waals surface area contributed by atoms with Gasteiger partial charge in [0.2, 0.25) is 0 Å². The number of methoxy groups -OCH3 is 1. The molecule has 21 heavy (non-hydrogen) atoms. The van der Waals surface area contributed by atoms with E-state index in [0.29, 0.717) is 18.2 Å². The van der Waals surface area contributed by atoms with Gasteiger partial charge in [-0.15, -0.1) is 0 Å². The van der Waals surface area contributed by atoms with Crippen molar-refractivity contribution in [2.45, 2.75) is 6.54 Å². The summed E-state index contributed by atoms with van der Waals surface area (Å²) < 4.78 is 11.9. The smallest absolute Gasteiger partial charge is 0.128 e. The first kappa shape index (κ1) is 16.5. The van der Waals surface area contributed by atoms with Crippen LogP contribution in [-0.4, -0.2) is 20.3 Å². The number of benzene rings is 2. The molecule has 0 heterocycles. The van der Waals surface area contributed by atoms with Crippen molar-refractivity contribution in [3.63, 3.8) is 0 Å². The number of hydrogen-bond acceptors (Lipinski definition) is 3. The van der Waals surface area contributed by atoms with Gasteiger partial charge in [-0.25, -0.2) is 0 Å². The van der Waals surface area contributed by atoms with Crippen LogP contribution in [0.4, 0.5) is 0 Å². The minimum absolute atomic E-state index is 0.686. The molecule has 1 N–H and O–H groups in total. The van der Waals surface area contributed by atoms with Crippen LogP contribution in [-0.2, 0) is 11.3 Å². The van der Waals surface area contributed by atoms with E-state index >= 15 is 0 Å². The Hall–Kier alpha value is -0.820. The van der Waals surface area contributed by atoms with Crippen molar-refractivity contribution in [3.05, 3.63) is 56.6 Å². The Balaban J connectivity index is 1.96. The fraction of sp³-hybridized carbons (Fsp3) is 0.250. The van der Waals surface area contributed by atoms with Crippen LogP contribution >= 0.6 is 34.2 Å². The molecule has 0 aliphatic heterocycles. The molecule has 112 valence electrons. The van der Waals surface area contributed by atoms with Crippen LogP contribution < -0.4 is 10.1 Å². The van der Waals surface area contributed by atoms with Gasteiger partial charge in [-0.2, -0.15) is 0 Å². The van der Waals surface area contributed by atoms with Crippen molar-refractivity contribution in [1.29, 1.82) is 0 Å². The van der Waals surface area contributed by atoms with Crippen molar-refractivity contribution >= 4 is 34.2 Å². The second kappa shape index (κ2) is 8.58. The van der Waals surface area contributed by atoms with E-state index in [9.17, 15) is 0 Å². The van der Waals surface area contributed by atoms with Crippen molar-refractivity contribution in [2.75, 3.05) is 20.3 Å². The molecule has 0 aliphatic rings. The highest BCUT2D eigenvalue weighted by Crippen LogP contribution is 2.27. The maximum atomic E-state index is 6.28. The Kier molecular flexibility index (Phi) is 6.76. The first-order chi connectivity index (χ1) is 10.2. The molecule has 0 aliphatic carbocycles. The zero-order valence-electron chi connectivity index (χ0n) is 11.7. The summed E-state index contributed by atoms with van der Waals surface area (Å²) in [6.07, 6.45) is 0. The van der Waals surface area contributed by atoms with E-state index in [1.165, 1.54) is 3.57 Å². The zero-order chi connectivity index (χ0) is 15.1. The molecule has 0 bridgehead atoms. The van der Waals surface area contributed by atoms with Crippen LogP contribution in [0.1, 0.15) is 5.56 Å².